The summed E-state index contributed by atoms with van der Waals surface area (Å²) in [4.78, 5) is 2.42. The molecule has 0 atom stereocenters. The van der Waals surface area contributed by atoms with Crippen LogP contribution in [0.3, 0.4) is 0 Å². The standard InChI is InChI=1S/C38H55N/c1-8-11-14-29-37(4,5)32-19-25-35(26-20-32)39(34-23-17-31(18-24-34)16-13-10-3)36-27-21-33(22-28-36)38(6,7)30-15-12-9-2/h17-28H,8-16,29-30H2,1-7H3. The minimum Gasteiger partial charge on any atom is -0.311 e. The van der Waals surface area contributed by atoms with E-state index in [1.54, 1.807) is 0 Å². The van der Waals surface area contributed by atoms with Crippen molar-refractivity contribution in [2.75, 3.05) is 4.90 Å². The van der Waals surface area contributed by atoms with Crippen LogP contribution in [0.1, 0.15) is 129 Å². The van der Waals surface area contributed by atoms with Crippen LogP contribution in [0.4, 0.5) is 17.1 Å². The molecule has 3 aromatic carbocycles. The van der Waals surface area contributed by atoms with E-state index < -0.39 is 0 Å². The first-order valence-corrected chi connectivity index (χ1v) is 15.8. The third kappa shape index (κ3) is 8.72. The van der Waals surface area contributed by atoms with Crippen LogP contribution >= 0.6 is 0 Å². The minimum atomic E-state index is 0.199. The predicted octanol–water partition coefficient (Wildman–Crippen LogP) is 12.2. The average Bonchev–Trinajstić information content (AvgIpc) is 2.93. The minimum absolute atomic E-state index is 0.199. The van der Waals surface area contributed by atoms with E-state index in [-0.39, 0.29) is 10.8 Å². The molecule has 0 unspecified atom stereocenters. The van der Waals surface area contributed by atoms with E-state index in [1.165, 1.54) is 98.0 Å². The van der Waals surface area contributed by atoms with Gasteiger partial charge < -0.3 is 4.90 Å². The summed E-state index contributed by atoms with van der Waals surface area (Å²) >= 11 is 0. The molecular weight excluding hydrogens is 470 g/mol. The van der Waals surface area contributed by atoms with E-state index in [0.717, 1.165) is 6.42 Å². The molecule has 3 rings (SSSR count). The lowest BCUT2D eigenvalue weighted by molar-refractivity contribution is 0.450. The van der Waals surface area contributed by atoms with Crippen molar-refractivity contribution in [3.8, 4) is 0 Å². The Labute approximate surface area is 241 Å². The van der Waals surface area contributed by atoms with E-state index in [0.29, 0.717) is 0 Å². The Kier molecular flexibility index (Phi) is 11.7. The molecule has 39 heavy (non-hydrogen) atoms. The zero-order valence-electron chi connectivity index (χ0n) is 26.2. The fraction of sp³-hybridized carbons (Fsp3) is 0.526. The van der Waals surface area contributed by atoms with Gasteiger partial charge in [-0.2, -0.15) is 0 Å². The van der Waals surface area contributed by atoms with Gasteiger partial charge in [-0.15, -0.1) is 0 Å². The number of benzene rings is 3. The van der Waals surface area contributed by atoms with Crippen LogP contribution < -0.4 is 4.90 Å². The molecule has 0 fully saturated rings. The van der Waals surface area contributed by atoms with Gasteiger partial charge in [0.05, 0.1) is 0 Å². The third-order valence-electron chi connectivity index (χ3n) is 8.64. The SMILES string of the molecule is CCCCCC(C)(C)c1ccc(N(c2ccc(CCCC)cc2)c2ccc(C(C)(C)CCCCC)cc2)cc1. The number of hydrogen-bond acceptors (Lipinski definition) is 1. The molecule has 1 heteroatoms. The van der Waals surface area contributed by atoms with Crippen molar-refractivity contribution in [3.63, 3.8) is 0 Å². The lowest BCUT2D eigenvalue weighted by Crippen LogP contribution is -2.18. The number of nitrogens with zero attached hydrogens (tertiary/aromatic N) is 1. The second-order valence-electron chi connectivity index (χ2n) is 12.9. The molecule has 0 aromatic heterocycles. The summed E-state index contributed by atoms with van der Waals surface area (Å²) < 4.78 is 0. The Morgan fingerprint density at radius 2 is 0.821 bits per heavy atom. The zero-order valence-corrected chi connectivity index (χ0v) is 26.2. The van der Waals surface area contributed by atoms with Crippen LogP contribution in [0, 0.1) is 0 Å². The Balaban J connectivity index is 1.93. The number of aryl methyl sites for hydroxylation is 1. The van der Waals surface area contributed by atoms with Crippen LogP contribution in [-0.4, -0.2) is 0 Å². The van der Waals surface area contributed by atoms with Crippen LogP contribution in [0.5, 0.6) is 0 Å². The summed E-state index contributed by atoms with van der Waals surface area (Å²) in [5, 5.41) is 0. The molecule has 1 nitrogen and oxygen atoms in total. The van der Waals surface area contributed by atoms with Crippen molar-refractivity contribution in [2.24, 2.45) is 0 Å². The van der Waals surface area contributed by atoms with Crippen molar-refractivity contribution >= 4 is 17.1 Å². The van der Waals surface area contributed by atoms with Crippen LogP contribution in [-0.2, 0) is 17.3 Å². The maximum Gasteiger partial charge on any atom is 0.0461 e. The van der Waals surface area contributed by atoms with Gasteiger partial charge in [-0.1, -0.05) is 130 Å². The van der Waals surface area contributed by atoms with Gasteiger partial charge in [-0.05, 0) is 89.6 Å². The van der Waals surface area contributed by atoms with Gasteiger partial charge >= 0.3 is 0 Å². The Bertz CT molecular complexity index is 1020. The summed E-state index contributed by atoms with van der Waals surface area (Å²) in [5.74, 6) is 0. The molecule has 0 amide bonds. The number of hydrogen-bond donors (Lipinski definition) is 0. The van der Waals surface area contributed by atoms with E-state index in [4.69, 9.17) is 0 Å². The lowest BCUT2D eigenvalue weighted by Gasteiger charge is -2.30. The lowest BCUT2D eigenvalue weighted by atomic mass is 9.80. The zero-order chi connectivity index (χ0) is 28.3. The average molecular weight is 526 g/mol. The van der Waals surface area contributed by atoms with Gasteiger partial charge in [-0.25, -0.2) is 0 Å². The molecular formula is C38H55N. The highest BCUT2D eigenvalue weighted by Gasteiger charge is 2.22. The van der Waals surface area contributed by atoms with E-state index in [1.807, 2.05) is 0 Å². The quantitative estimate of drug-likeness (QED) is 0.168. The van der Waals surface area contributed by atoms with Gasteiger partial charge in [0.1, 0.15) is 0 Å². The molecule has 0 spiro atoms. The topological polar surface area (TPSA) is 3.24 Å². The third-order valence-corrected chi connectivity index (χ3v) is 8.64. The summed E-state index contributed by atoms with van der Waals surface area (Å²) in [6.45, 7) is 16.4. The number of rotatable bonds is 16. The first kappa shape index (κ1) is 31.0. The largest absolute Gasteiger partial charge is 0.311 e. The Morgan fingerprint density at radius 3 is 1.18 bits per heavy atom. The van der Waals surface area contributed by atoms with E-state index >= 15 is 0 Å². The van der Waals surface area contributed by atoms with Gasteiger partial charge in [0.15, 0.2) is 0 Å². The summed E-state index contributed by atoms with van der Waals surface area (Å²) in [5.41, 5.74) is 8.35. The molecule has 0 N–H and O–H groups in total. The molecule has 0 heterocycles. The van der Waals surface area contributed by atoms with Crippen LogP contribution in [0.2, 0.25) is 0 Å². The van der Waals surface area contributed by atoms with Gasteiger partial charge in [-0.3, -0.25) is 0 Å². The first-order valence-electron chi connectivity index (χ1n) is 15.8. The fourth-order valence-electron chi connectivity index (χ4n) is 5.69. The summed E-state index contributed by atoms with van der Waals surface area (Å²) in [7, 11) is 0. The second kappa shape index (κ2) is 14.7. The maximum absolute atomic E-state index is 2.42. The summed E-state index contributed by atoms with van der Waals surface area (Å²) in [6, 6.07) is 28.0. The molecule has 0 aliphatic heterocycles. The van der Waals surface area contributed by atoms with E-state index in [2.05, 4.69) is 126 Å². The normalized spacial score (nSPS) is 12.1. The molecule has 0 saturated carbocycles. The van der Waals surface area contributed by atoms with Crippen molar-refractivity contribution < 1.29 is 0 Å². The number of unbranched alkanes of at least 4 members (excludes halogenated alkanes) is 5. The monoisotopic (exact) mass is 525 g/mol. The Morgan fingerprint density at radius 1 is 0.462 bits per heavy atom. The highest BCUT2D eigenvalue weighted by atomic mass is 15.1. The maximum atomic E-state index is 2.42. The van der Waals surface area contributed by atoms with Crippen molar-refractivity contribution in [3.05, 3.63) is 89.5 Å². The van der Waals surface area contributed by atoms with Crippen molar-refractivity contribution in [1.82, 2.24) is 0 Å². The van der Waals surface area contributed by atoms with Gasteiger partial charge in [0, 0.05) is 17.1 Å². The molecule has 0 saturated heterocycles. The molecule has 0 radical (unpaired) electrons. The molecule has 0 bridgehead atoms. The molecule has 0 aliphatic rings. The smallest absolute Gasteiger partial charge is 0.0461 e. The fourth-order valence-corrected chi connectivity index (χ4v) is 5.69. The Hall–Kier alpha value is -2.54. The van der Waals surface area contributed by atoms with Gasteiger partial charge in [0.25, 0.3) is 0 Å². The summed E-state index contributed by atoms with van der Waals surface area (Å²) in [6.07, 6.45) is 13.9. The van der Waals surface area contributed by atoms with Crippen molar-refractivity contribution in [2.45, 2.75) is 130 Å². The highest BCUT2D eigenvalue weighted by Crippen LogP contribution is 2.38. The second-order valence-corrected chi connectivity index (χ2v) is 12.9. The van der Waals surface area contributed by atoms with Crippen LogP contribution in [0.25, 0.3) is 0 Å². The van der Waals surface area contributed by atoms with Gasteiger partial charge in [0.2, 0.25) is 0 Å². The number of anilines is 3. The van der Waals surface area contributed by atoms with Crippen LogP contribution in [0.15, 0.2) is 72.8 Å². The van der Waals surface area contributed by atoms with Crippen molar-refractivity contribution in [1.29, 1.82) is 0 Å². The highest BCUT2D eigenvalue weighted by molar-refractivity contribution is 5.76. The first-order chi connectivity index (χ1) is 18.7. The molecule has 3 aromatic rings. The molecule has 0 aliphatic carbocycles. The predicted molar refractivity (Wildman–Crippen MR) is 174 cm³/mol. The molecule has 212 valence electrons. The van der Waals surface area contributed by atoms with E-state index in [9.17, 15) is 0 Å².